The van der Waals surface area contributed by atoms with Gasteiger partial charge in [-0.05, 0) is 19.4 Å². The molecule has 0 aromatic carbocycles. The minimum absolute atomic E-state index is 0.112. The average Bonchev–Trinajstić information content (AvgIpc) is 2.47. The first-order valence-corrected chi connectivity index (χ1v) is 6.60. The zero-order valence-electron chi connectivity index (χ0n) is 12.5. The minimum Gasteiger partial charge on any atom is -0.481 e. The largest absolute Gasteiger partial charge is 0.481 e. The van der Waals surface area contributed by atoms with Crippen LogP contribution in [0, 0.1) is 5.92 Å². The molecule has 0 saturated carbocycles. The fourth-order valence-electron chi connectivity index (χ4n) is 1.65. The van der Waals surface area contributed by atoms with Gasteiger partial charge in [0.05, 0.1) is 25.3 Å². The Kier molecular flexibility index (Phi) is 6.35. The van der Waals surface area contributed by atoms with Crippen LogP contribution in [0.15, 0.2) is 40.4 Å². The van der Waals surface area contributed by atoms with Crippen molar-refractivity contribution in [3.63, 3.8) is 0 Å². The number of allylic oxidation sites excluding steroid dienone is 3. The summed E-state index contributed by atoms with van der Waals surface area (Å²) in [6.07, 6.45) is -1.91. The van der Waals surface area contributed by atoms with Crippen molar-refractivity contribution in [3.8, 4) is 0 Å². The molecule has 1 rings (SSSR count). The molecule has 0 fully saturated rings. The van der Waals surface area contributed by atoms with Crippen LogP contribution in [0.3, 0.4) is 0 Å². The highest BCUT2D eigenvalue weighted by molar-refractivity contribution is 5.89. The van der Waals surface area contributed by atoms with E-state index in [2.05, 4.69) is 9.73 Å². The molecule has 0 aromatic heterocycles. The summed E-state index contributed by atoms with van der Waals surface area (Å²) >= 11 is 0. The van der Waals surface area contributed by atoms with Gasteiger partial charge in [0.15, 0.2) is 0 Å². The highest BCUT2D eigenvalue weighted by Crippen LogP contribution is 2.27. The molecule has 0 radical (unpaired) electrons. The zero-order chi connectivity index (χ0) is 17.6. The van der Waals surface area contributed by atoms with Crippen molar-refractivity contribution in [2.75, 3.05) is 13.7 Å². The summed E-state index contributed by atoms with van der Waals surface area (Å²) in [4.78, 5) is 15.1. The number of ether oxygens (including phenoxy) is 2. The van der Waals surface area contributed by atoms with Gasteiger partial charge in [0.25, 0.3) is 0 Å². The molecular weight excluding hydrogens is 320 g/mol. The predicted octanol–water partition coefficient (Wildman–Crippen LogP) is 2.76. The smallest absolute Gasteiger partial charge is 0.430 e. The van der Waals surface area contributed by atoms with Gasteiger partial charge in [0.2, 0.25) is 5.90 Å². The highest BCUT2D eigenvalue weighted by Gasteiger charge is 2.32. The molecule has 1 aliphatic rings. The summed E-state index contributed by atoms with van der Waals surface area (Å²) in [6.45, 7) is 1.78. The number of carbonyl (C=O) groups is 1. The van der Waals surface area contributed by atoms with Gasteiger partial charge in [0.1, 0.15) is 11.5 Å². The maximum Gasteiger partial charge on any atom is 0.430 e. The second-order valence-electron chi connectivity index (χ2n) is 4.45. The Balaban J connectivity index is 2.95. The van der Waals surface area contributed by atoms with E-state index in [9.17, 15) is 22.4 Å². The van der Waals surface area contributed by atoms with E-state index >= 15 is 0 Å². The number of rotatable bonds is 4. The number of carbonyl (C=O) groups excluding carboxylic acids is 1. The van der Waals surface area contributed by atoms with Crippen LogP contribution in [0.5, 0.6) is 0 Å². The summed E-state index contributed by atoms with van der Waals surface area (Å²) in [5.41, 5.74) is 3.18. The molecule has 1 atom stereocenters. The summed E-state index contributed by atoms with van der Waals surface area (Å²) in [5, 5.41) is 0. The SMILES string of the molecule is CCOC(=O)C1C=C(F)C(N=C(C=C(N)C(F)(F)F)OC)=CC1. The van der Waals surface area contributed by atoms with E-state index in [4.69, 9.17) is 10.5 Å². The third kappa shape index (κ3) is 5.42. The number of nitrogens with zero attached hydrogens (tertiary/aromatic N) is 1. The van der Waals surface area contributed by atoms with Gasteiger partial charge in [-0.25, -0.2) is 9.38 Å². The Morgan fingerprint density at radius 2 is 2.17 bits per heavy atom. The van der Waals surface area contributed by atoms with Gasteiger partial charge in [-0.3, -0.25) is 4.79 Å². The van der Waals surface area contributed by atoms with Crippen molar-refractivity contribution in [3.05, 3.63) is 35.4 Å². The Hall–Kier alpha value is -2.32. The summed E-state index contributed by atoms with van der Waals surface area (Å²) < 4.78 is 60.4. The maximum atomic E-state index is 13.9. The lowest BCUT2D eigenvalue weighted by Crippen LogP contribution is -2.21. The molecule has 23 heavy (non-hydrogen) atoms. The van der Waals surface area contributed by atoms with Crippen molar-refractivity contribution in [1.29, 1.82) is 0 Å². The van der Waals surface area contributed by atoms with Gasteiger partial charge < -0.3 is 15.2 Å². The first-order valence-electron chi connectivity index (χ1n) is 6.60. The molecule has 0 bridgehead atoms. The van der Waals surface area contributed by atoms with E-state index < -0.39 is 35.5 Å². The first kappa shape index (κ1) is 18.7. The molecule has 0 saturated heterocycles. The third-order valence-corrected chi connectivity index (χ3v) is 2.79. The number of hydrogen-bond acceptors (Lipinski definition) is 5. The number of halogens is 4. The number of alkyl halides is 3. The standard InChI is InChI=1S/C14H16F4N2O3/c1-3-23-13(21)8-4-5-10(9(15)6-8)20-12(22-2)7-11(19)14(16,17)18/h5-8H,3-4,19H2,1-2H3. The van der Waals surface area contributed by atoms with Crippen molar-refractivity contribution >= 4 is 11.9 Å². The van der Waals surface area contributed by atoms with Crippen LogP contribution in [-0.4, -0.2) is 31.8 Å². The van der Waals surface area contributed by atoms with Gasteiger partial charge in [-0.1, -0.05) is 6.08 Å². The topological polar surface area (TPSA) is 73.9 Å². The molecule has 1 unspecified atom stereocenters. The fourth-order valence-corrected chi connectivity index (χ4v) is 1.65. The van der Waals surface area contributed by atoms with Crippen LogP contribution in [0.4, 0.5) is 17.6 Å². The first-order chi connectivity index (χ1) is 10.7. The predicted molar refractivity (Wildman–Crippen MR) is 74.8 cm³/mol. The van der Waals surface area contributed by atoms with Crippen LogP contribution in [0.1, 0.15) is 13.3 Å². The molecule has 0 amide bonds. The van der Waals surface area contributed by atoms with E-state index in [0.29, 0.717) is 6.08 Å². The number of methoxy groups -OCH3 is 1. The number of esters is 1. The van der Waals surface area contributed by atoms with E-state index in [1.54, 1.807) is 6.92 Å². The maximum absolute atomic E-state index is 13.9. The van der Waals surface area contributed by atoms with Crippen LogP contribution >= 0.6 is 0 Å². The van der Waals surface area contributed by atoms with Gasteiger partial charge in [-0.2, -0.15) is 13.2 Å². The van der Waals surface area contributed by atoms with Crippen molar-refractivity contribution in [2.24, 2.45) is 16.6 Å². The average molecular weight is 336 g/mol. The Bertz CT molecular complexity index is 577. The second-order valence-corrected chi connectivity index (χ2v) is 4.45. The van der Waals surface area contributed by atoms with E-state index in [-0.39, 0.29) is 18.7 Å². The molecular formula is C14H16F4N2O3. The van der Waals surface area contributed by atoms with Crippen LogP contribution in [0.2, 0.25) is 0 Å². The van der Waals surface area contributed by atoms with Crippen LogP contribution < -0.4 is 5.73 Å². The quantitative estimate of drug-likeness (QED) is 0.371. The minimum atomic E-state index is -4.75. The summed E-state index contributed by atoms with van der Waals surface area (Å²) in [6, 6.07) is 0. The fraction of sp³-hybridized carbons (Fsp3) is 0.429. The molecule has 128 valence electrons. The van der Waals surface area contributed by atoms with E-state index in [0.717, 1.165) is 13.2 Å². The van der Waals surface area contributed by atoms with Crippen molar-refractivity contribution in [1.82, 2.24) is 0 Å². The Labute approximate surface area is 130 Å². The molecule has 0 spiro atoms. The Morgan fingerprint density at radius 1 is 1.52 bits per heavy atom. The zero-order valence-corrected chi connectivity index (χ0v) is 12.5. The highest BCUT2D eigenvalue weighted by atomic mass is 19.4. The lowest BCUT2D eigenvalue weighted by atomic mass is 9.99. The summed E-state index contributed by atoms with van der Waals surface area (Å²) in [5.74, 6) is -2.75. The molecule has 9 heteroatoms. The van der Waals surface area contributed by atoms with Gasteiger partial charge in [0, 0.05) is 6.08 Å². The van der Waals surface area contributed by atoms with Gasteiger partial charge in [-0.15, -0.1) is 0 Å². The van der Waals surface area contributed by atoms with E-state index in [1.807, 2.05) is 0 Å². The van der Waals surface area contributed by atoms with Crippen molar-refractivity contribution < 1.29 is 31.8 Å². The summed E-state index contributed by atoms with van der Waals surface area (Å²) in [7, 11) is 1.07. The third-order valence-electron chi connectivity index (χ3n) is 2.79. The lowest BCUT2D eigenvalue weighted by molar-refractivity contribution is -0.146. The molecule has 5 nitrogen and oxygen atoms in total. The van der Waals surface area contributed by atoms with E-state index in [1.165, 1.54) is 6.08 Å². The molecule has 0 aliphatic heterocycles. The van der Waals surface area contributed by atoms with Gasteiger partial charge >= 0.3 is 12.1 Å². The number of nitrogens with two attached hydrogens (primary N) is 1. The molecule has 1 aliphatic carbocycles. The Morgan fingerprint density at radius 3 is 2.65 bits per heavy atom. The van der Waals surface area contributed by atoms with Crippen LogP contribution in [-0.2, 0) is 14.3 Å². The molecule has 0 aromatic rings. The van der Waals surface area contributed by atoms with Crippen molar-refractivity contribution in [2.45, 2.75) is 19.5 Å². The lowest BCUT2D eigenvalue weighted by Gasteiger charge is -2.15. The van der Waals surface area contributed by atoms with Crippen LogP contribution in [0.25, 0.3) is 0 Å². The molecule has 0 heterocycles. The second kappa shape index (κ2) is 7.80. The monoisotopic (exact) mass is 336 g/mol. The number of hydrogen-bond donors (Lipinski definition) is 1. The number of aliphatic imine (C=N–C) groups is 1. The normalized spacial score (nSPS) is 19.8. The molecule has 2 N–H and O–H groups in total.